The fraction of sp³-hybridized carbons (Fsp3) is 0. The Bertz CT molecular complexity index is 940. The summed E-state index contributed by atoms with van der Waals surface area (Å²) in [7, 11) is 0. The van der Waals surface area contributed by atoms with E-state index in [1.807, 2.05) is 0 Å². The maximum absolute atomic E-state index is 13.8. The van der Waals surface area contributed by atoms with Crippen LogP contribution in [0.5, 0.6) is 0 Å². The highest BCUT2D eigenvalue weighted by Crippen LogP contribution is 2.26. The van der Waals surface area contributed by atoms with E-state index in [9.17, 15) is 13.6 Å². The molecule has 2 N–H and O–H groups in total. The molecule has 0 saturated carbocycles. The Morgan fingerprint density at radius 3 is 2.67 bits per heavy atom. The number of fused-ring (bicyclic) bond motifs is 1. The average molecular weight is 429 g/mol. The van der Waals surface area contributed by atoms with Crippen molar-refractivity contribution in [2.75, 3.05) is 5.32 Å². The lowest BCUT2D eigenvalue weighted by Crippen LogP contribution is -2.34. The summed E-state index contributed by atoms with van der Waals surface area (Å²) in [6.07, 6.45) is 0. The van der Waals surface area contributed by atoms with Gasteiger partial charge in [-0.1, -0.05) is 0 Å². The second-order valence-corrected chi connectivity index (χ2v) is 6.41. The van der Waals surface area contributed by atoms with Gasteiger partial charge in [-0.05, 0) is 52.4 Å². The fourth-order valence-corrected chi connectivity index (χ4v) is 3.12. The number of anilines is 1. The summed E-state index contributed by atoms with van der Waals surface area (Å²) >= 11 is 9.07. The Morgan fingerprint density at radius 1 is 1.17 bits per heavy atom. The number of benzene rings is 2. The summed E-state index contributed by atoms with van der Waals surface area (Å²) in [5, 5.41) is 4.83. The zero-order chi connectivity index (χ0) is 17.3. The van der Waals surface area contributed by atoms with Gasteiger partial charge in [-0.25, -0.2) is 8.78 Å². The van der Waals surface area contributed by atoms with Gasteiger partial charge in [0.15, 0.2) is 10.9 Å². The van der Waals surface area contributed by atoms with Gasteiger partial charge in [0.2, 0.25) is 0 Å². The van der Waals surface area contributed by atoms with Gasteiger partial charge in [-0.2, -0.15) is 8.75 Å². The Morgan fingerprint density at radius 2 is 1.92 bits per heavy atom. The molecular formula is C14H7BrF2N4OS2. The first-order valence-electron chi connectivity index (χ1n) is 6.43. The Hall–Kier alpha value is -2.04. The lowest BCUT2D eigenvalue weighted by atomic mass is 10.2. The van der Waals surface area contributed by atoms with Crippen molar-refractivity contribution in [3.63, 3.8) is 0 Å². The molecule has 10 heteroatoms. The van der Waals surface area contributed by atoms with Crippen LogP contribution in [0.25, 0.3) is 11.0 Å². The Balaban J connectivity index is 1.73. The average Bonchev–Trinajstić information content (AvgIpc) is 2.98. The van der Waals surface area contributed by atoms with Gasteiger partial charge in [0.1, 0.15) is 16.9 Å². The number of rotatable bonds is 2. The van der Waals surface area contributed by atoms with Crippen molar-refractivity contribution in [1.29, 1.82) is 0 Å². The Labute approximate surface area is 152 Å². The highest BCUT2D eigenvalue weighted by atomic mass is 79.9. The van der Waals surface area contributed by atoms with Gasteiger partial charge in [-0.3, -0.25) is 10.1 Å². The molecule has 0 aliphatic carbocycles. The molecule has 3 rings (SSSR count). The third-order valence-corrected chi connectivity index (χ3v) is 4.37. The molecule has 0 atom stereocenters. The highest BCUT2D eigenvalue weighted by molar-refractivity contribution is 9.10. The lowest BCUT2D eigenvalue weighted by molar-refractivity contribution is 0.0978. The number of amides is 1. The SMILES string of the molecule is O=C(NC(=S)Nc1c(F)cc(F)cc1Br)c1ccc2nsnc2c1. The third kappa shape index (κ3) is 3.55. The van der Waals surface area contributed by atoms with Crippen LogP contribution in [0.3, 0.4) is 0 Å². The van der Waals surface area contributed by atoms with Crippen molar-refractivity contribution >= 4 is 67.6 Å². The molecule has 1 aromatic heterocycles. The van der Waals surface area contributed by atoms with Crippen LogP contribution in [0, 0.1) is 11.6 Å². The minimum atomic E-state index is -0.839. The number of carbonyl (C=O) groups excluding carboxylic acids is 1. The lowest BCUT2D eigenvalue weighted by Gasteiger charge is -2.12. The number of carbonyl (C=O) groups is 1. The van der Waals surface area contributed by atoms with Crippen molar-refractivity contribution < 1.29 is 13.6 Å². The van der Waals surface area contributed by atoms with Gasteiger partial charge >= 0.3 is 0 Å². The molecule has 5 nitrogen and oxygen atoms in total. The van der Waals surface area contributed by atoms with Crippen LogP contribution in [-0.4, -0.2) is 19.8 Å². The van der Waals surface area contributed by atoms with Crippen LogP contribution in [0.1, 0.15) is 10.4 Å². The number of nitrogens with zero attached hydrogens (tertiary/aromatic N) is 2. The number of hydrogen-bond acceptors (Lipinski definition) is 5. The Kier molecular flexibility index (Phi) is 4.78. The second-order valence-electron chi connectivity index (χ2n) is 4.62. The van der Waals surface area contributed by atoms with Crippen LogP contribution < -0.4 is 10.6 Å². The summed E-state index contributed by atoms with van der Waals surface area (Å²) in [4.78, 5) is 12.2. The van der Waals surface area contributed by atoms with Gasteiger partial charge in [0, 0.05) is 16.1 Å². The summed E-state index contributed by atoms with van der Waals surface area (Å²) in [5.41, 5.74) is 1.55. The number of thiocarbonyl (C=S) groups is 1. The fourth-order valence-electron chi connectivity index (χ4n) is 1.91. The number of halogens is 3. The molecule has 0 bridgehead atoms. The molecule has 1 heterocycles. The van der Waals surface area contributed by atoms with E-state index in [0.29, 0.717) is 22.7 Å². The van der Waals surface area contributed by atoms with E-state index in [-0.39, 0.29) is 15.3 Å². The predicted molar refractivity (Wildman–Crippen MR) is 95.2 cm³/mol. The molecule has 0 fully saturated rings. The monoisotopic (exact) mass is 428 g/mol. The number of nitrogens with one attached hydrogen (secondary N) is 2. The first-order chi connectivity index (χ1) is 11.4. The molecule has 122 valence electrons. The van der Waals surface area contributed by atoms with E-state index in [4.69, 9.17) is 12.2 Å². The van der Waals surface area contributed by atoms with E-state index < -0.39 is 17.5 Å². The van der Waals surface area contributed by atoms with Gasteiger partial charge in [0.05, 0.1) is 17.4 Å². The summed E-state index contributed by atoms with van der Waals surface area (Å²) in [6.45, 7) is 0. The highest BCUT2D eigenvalue weighted by Gasteiger charge is 2.14. The van der Waals surface area contributed by atoms with Gasteiger partial charge in [-0.15, -0.1) is 0 Å². The normalized spacial score (nSPS) is 10.6. The van der Waals surface area contributed by atoms with Gasteiger partial charge < -0.3 is 5.32 Å². The van der Waals surface area contributed by atoms with E-state index in [1.54, 1.807) is 18.2 Å². The topological polar surface area (TPSA) is 66.9 Å². The van der Waals surface area contributed by atoms with E-state index in [2.05, 4.69) is 35.3 Å². The quantitative estimate of drug-likeness (QED) is 0.606. The predicted octanol–water partition coefficient (Wildman–Crippen LogP) is 3.86. The number of aromatic nitrogens is 2. The maximum atomic E-state index is 13.8. The van der Waals surface area contributed by atoms with Crippen molar-refractivity contribution in [2.45, 2.75) is 0 Å². The molecule has 1 amide bonds. The van der Waals surface area contributed by atoms with Gasteiger partial charge in [0.25, 0.3) is 5.91 Å². The summed E-state index contributed by atoms with van der Waals surface area (Å²) in [5.74, 6) is -2.06. The van der Waals surface area contributed by atoms with Crippen LogP contribution >= 0.6 is 39.9 Å². The zero-order valence-corrected chi connectivity index (χ0v) is 14.9. The van der Waals surface area contributed by atoms with E-state index >= 15 is 0 Å². The second kappa shape index (κ2) is 6.83. The molecule has 0 radical (unpaired) electrons. The third-order valence-electron chi connectivity index (χ3n) is 2.99. The molecule has 3 aromatic rings. The first-order valence-corrected chi connectivity index (χ1v) is 8.36. The molecule has 2 aromatic carbocycles. The number of hydrogen-bond donors (Lipinski definition) is 2. The summed E-state index contributed by atoms with van der Waals surface area (Å²) < 4.78 is 35.1. The standard InChI is InChI=1S/C14H7BrF2N4OS2/c15-8-4-7(16)5-9(17)12(8)18-14(23)19-13(22)6-1-2-10-11(3-6)21-24-20-10/h1-5H,(H2,18,19,22,23). The molecule has 0 aliphatic rings. The molecular weight excluding hydrogens is 422 g/mol. The van der Waals surface area contributed by atoms with Crippen molar-refractivity contribution in [3.05, 3.63) is 52.0 Å². The van der Waals surface area contributed by atoms with E-state index in [0.717, 1.165) is 17.8 Å². The minimum absolute atomic E-state index is 0.0687. The molecule has 0 spiro atoms. The molecule has 0 aliphatic heterocycles. The minimum Gasteiger partial charge on any atom is -0.329 e. The van der Waals surface area contributed by atoms with Crippen LogP contribution in [-0.2, 0) is 0 Å². The van der Waals surface area contributed by atoms with Crippen LogP contribution in [0.15, 0.2) is 34.8 Å². The van der Waals surface area contributed by atoms with Crippen molar-refractivity contribution in [1.82, 2.24) is 14.1 Å². The first kappa shape index (κ1) is 16.8. The van der Waals surface area contributed by atoms with Crippen LogP contribution in [0.2, 0.25) is 0 Å². The molecule has 24 heavy (non-hydrogen) atoms. The van der Waals surface area contributed by atoms with Crippen LogP contribution in [0.4, 0.5) is 14.5 Å². The summed E-state index contributed by atoms with van der Waals surface area (Å²) in [6, 6.07) is 6.61. The molecule has 0 saturated heterocycles. The van der Waals surface area contributed by atoms with Crippen molar-refractivity contribution in [3.8, 4) is 0 Å². The largest absolute Gasteiger partial charge is 0.329 e. The van der Waals surface area contributed by atoms with Crippen molar-refractivity contribution in [2.24, 2.45) is 0 Å². The smallest absolute Gasteiger partial charge is 0.257 e. The zero-order valence-electron chi connectivity index (χ0n) is 11.6. The molecule has 0 unspecified atom stereocenters. The van der Waals surface area contributed by atoms with E-state index in [1.165, 1.54) is 0 Å². The maximum Gasteiger partial charge on any atom is 0.257 e.